The van der Waals surface area contributed by atoms with E-state index in [1.165, 1.54) is 0 Å². The average Bonchev–Trinajstić information content (AvgIpc) is 2.45. The van der Waals surface area contributed by atoms with Crippen molar-refractivity contribution in [2.45, 2.75) is 26.2 Å². The van der Waals surface area contributed by atoms with Crippen molar-refractivity contribution >= 4 is 21.8 Å². The summed E-state index contributed by atoms with van der Waals surface area (Å²) in [5, 5.41) is 12.7. The summed E-state index contributed by atoms with van der Waals surface area (Å²) >= 11 is 3.44. The molecule has 1 N–H and O–H groups in total. The molecule has 3 nitrogen and oxygen atoms in total. The summed E-state index contributed by atoms with van der Waals surface area (Å²) in [5.41, 5.74) is 1.06. The van der Waals surface area contributed by atoms with E-state index in [9.17, 15) is 4.79 Å². The van der Waals surface area contributed by atoms with Crippen molar-refractivity contribution in [3.63, 3.8) is 0 Å². The monoisotopic (exact) mass is 322 g/mol. The maximum absolute atomic E-state index is 12.0. The largest absolute Gasteiger partial charge is 0.352 e. The van der Waals surface area contributed by atoms with Crippen LogP contribution in [0, 0.1) is 17.2 Å². The summed E-state index contributed by atoms with van der Waals surface area (Å²) < 4.78 is 0. The normalized spacial score (nSPS) is 11.6. The van der Waals surface area contributed by atoms with E-state index in [2.05, 4.69) is 28.2 Å². The average molecular weight is 323 g/mol. The fourth-order valence-corrected chi connectivity index (χ4v) is 2.63. The topological polar surface area (TPSA) is 52.9 Å². The first-order chi connectivity index (χ1) is 9.21. The second-order valence-electron chi connectivity index (χ2n) is 4.53. The van der Waals surface area contributed by atoms with E-state index in [0.717, 1.165) is 24.6 Å². The molecule has 102 valence electrons. The first-order valence-electron chi connectivity index (χ1n) is 6.55. The molecule has 0 bridgehead atoms. The Morgan fingerprint density at radius 3 is 2.89 bits per heavy atom. The van der Waals surface area contributed by atoms with Crippen molar-refractivity contribution in [2.24, 2.45) is 5.92 Å². The highest BCUT2D eigenvalue weighted by molar-refractivity contribution is 9.09. The number of amides is 1. The Morgan fingerprint density at radius 1 is 1.47 bits per heavy atom. The van der Waals surface area contributed by atoms with Gasteiger partial charge in [-0.05, 0) is 37.0 Å². The number of carbonyl (C=O) groups is 1. The number of nitrogens with zero attached hydrogens (tertiary/aromatic N) is 1. The van der Waals surface area contributed by atoms with E-state index in [1.807, 2.05) is 6.07 Å². The van der Waals surface area contributed by atoms with Crippen LogP contribution in [0.3, 0.4) is 0 Å². The molecular formula is C15H19BrN2O. The Labute approximate surface area is 123 Å². The molecule has 0 heterocycles. The third-order valence-electron chi connectivity index (χ3n) is 3.02. The number of hydrogen-bond acceptors (Lipinski definition) is 2. The quantitative estimate of drug-likeness (QED) is 0.781. The molecule has 0 spiro atoms. The lowest BCUT2D eigenvalue weighted by Crippen LogP contribution is -2.29. The first-order valence-corrected chi connectivity index (χ1v) is 7.67. The van der Waals surface area contributed by atoms with Crippen LogP contribution in [-0.4, -0.2) is 17.8 Å². The minimum Gasteiger partial charge on any atom is -0.352 e. The molecule has 19 heavy (non-hydrogen) atoms. The molecular weight excluding hydrogens is 304 g/mol. The molecule has 0 fully saturated rings. The van der Waals surface area contributed by atoms with Crippen molar-refractivity contribution in [3.05, 3.63) is 35.4 Å². The van der Waals surface area contributed by atoms with E-state index in [4.69, 9.17) is 5.26 Å². The Balaban J connectivity index is 2.56. The molecule has 1 aromatic carbocycles. The number of nitriles is 1. The first kappa shape index (κ1) is 15.7. The lowest BCUT2D eigenvalue weighted by Gasteiger charge is -2.15. The summed E-state index contributed by atoms with van der Waals surface area (Å²) in [4.78, 5) is 12.0. The molecule has 1 amide bonds. The molecule has 0 saturated carbocycles. The van der Waals surface area contributed by atoms with Gasteiger partial charge in [-0.15, -0.1) is 0 Å². The molecule has 1 unspecified atom stereocenters. The third kappa shape index (κ3) is 5.44. The number of carbonyl (C=O) groups excluding carboxylic acids is 1. The highest BCUT2D eigenvalue weighted by atomic mass is 79.9. The summed E-state index contributed by atoms with van der Waals surface area (Å²) in [6, 6.07) is 8.82. The smallest absolute Gasteiger partial charge is 0.251 e. The minimum atomic E-state index is -0.104. The second kappa shape index (κ2) is 8.71. The number of hydrogen-bond donors (Lipinski definition) is 1. The van der Waals surface area contributed by atoms with Gasteiger partial charge in [-0.3, -0.25) is 4.79 Å². The zero-order valence-corrected chi connectivity index (χ0v) is 12.7. The van der Waals surface area contributed by atoms with Crippen molar-refractivity contribution in [1.82, 2.24) is 5.32 Å². The van der Waals surface area contributed by atoms with E-state index in [-0.39, 0.29) is 5.91 Å². The molecule has 1 atom stereocenters. The summed E-state index contributed by atoms with van der Waals surface area (Å²) in [6.07, 6.45) is 3.30. The van der Waals surface area contributed by atoms with Crippen LogP contribution in [0.4, 0.5) is 0 Å². The van der Waals surface area contributed by atoms with Crippen LogP contribution in [0.2, 0.25) is 0 Å². The van der Waals surface area contributed by atoms with Gasteiger partial charge in [0.1, 0.15) is 0 Å². The predicted molar refractivity (Wildman–Crippen MR) is 80.3 cm³/mol. The molecule has 0 aromatic heterocycles. The molecule has 0 aliphatic heterocycles. The highest BCUT2D eigenvalue weighted by Gasteiger charge is 2.10. The molecule has 0 aliphatic carbocycles. The molecule has 0 aliphatic rings. The zero-order valence-electron chi connectivity index (χ0n) is 11.2. The van der Waals surface area contributed by atoms with Gasteiger partial charge >= 0.3 is 0 Å². The van der Waals surface area contributed by atoms with Crippen molar-refractivity contribution in [3.8, 4) is 6.07 Å². The van der Waals surface area contributed by atoms with Crippen molar-refractivity contribution in [2.75, 3.05) is 11.9 Å². The Hall–Kier alpha value is -1.34. The van der Waals surface area contributed by atoms with Crippen LogP contribution in [0.15, 0.2) is 24.3 Å². The second-order valence-corrected chi connectivity index (χ2v) is 5.33. The number of nitrogens with one attached hydrogen (secondary N) is 1. The van der Waals surface area contributed by atoms with E-state index >= 15 is 0 Å². The standard InChI is InChI=1S/C15H19BrN2O/c1-2-4-12(7-8-16)11-18-15(19)14-6-3-5-13(9-14)10-17/h3,5-6,9,12H,2,4,7-8,11H2,1H3,(H,18,19). The van der Waals surface area contributed by atoms with Gasteiger partial charge in [0, 0.05) is 17.4 Å². The molecule has 0 radical (unpaired) electrons. The van der Waals surface area contributed by atoms with Gasteiger partial charge in [-0.1, -0.05) is 35.3 Å². The molecule has 4 heteroatoms. The van der Waals surface area contributed by atoms with Crippen LogP contribution in [0.5, 0.6) is 0 Å². The summed E-state index contributed by atoms with van der Waals surface area (Å²) in [6.45, 7) is 2.84. The van der Waals surface area contributed by atoms with E-state index < -0.39 is 0 Å². The molecule has 0 saturated heterocycles. The number of benzene rings is 1. The number of rotatable bonds is 7. The van der Waals surface area contributed by atoms with E-state index in [1.54, 1.807) is 24.3 Å². The zero-order chi connectivity index (χ0) is 14.1. The van der Waals surface area contributed by atoms with Gasteiger partial charge in [0.25, 0.3) is 5.91 Å². The minimum absolute atomic E-state index is 0.104. The van der Waals surface area contributed by atoms with Crippen LogP contribution >= 0.6 is 15.9 Å². The lowest BCUT2D eigenvalue weighted by atomic mass is 10.0. The molecule has 1 aromatic rings. The Bertz CT molecular complexity index is 448. The van der Waals surface area contributed by atoms with Gasteiger partial charge in [0.05, 0.1) is 11.6 Å². The molecule has 1 rings (SSSR count). The number of halogens is 1. The fourth-order valence-electron chi connectivity index (χ4n) is 1.98. The van der Waals surface area contributed by atoms with Crippen LogP contribution < -0.4 is 5.32 Å². The maximum Gasteiger partial charge on any atom is 0.251 e. The van der Waals surface area contributed by atoms with Gasteiger partial charge < -0.3 is 5.32 Å². The van der Waals surface area contributed by atoms with Gasteiger partial charge in [0.2, 0.25) is 0 Å². The van der Waals surface area contributed by atoms with E-state index in [0.29, 0.717) is 23.6 Å². The van der Waals surface area contributed by atoms with Crippen molar-refractivity contribution in [1.29, 1.82) is 5.26 Å². The van der Waals surface area contributed by atoms with Crippen LogP contribution in [-0.2, 0) is 0 Å². The van der Waals surface area contributed by atoms with Gasteiger partial charge in [-0.25, -0.2) is 0 Å². The Morgan fingerprint density at radius 2 is 2.26 bits per heavy atom. The number of alkyl halides is 1. The van der Waals surface area contributed by atoms with Crippen LogP contribution in [0.1, 0.15) is 42.1 Å². The SMILES string of the molecule is CCCC(CCBr)CNC(=O)c1cccc(C#N)c1. The van der Waals surface area contributed by atoms with Gasteiger partial charge in [-0.2, -0.15) is 5.26 Å². The van der Waals surface area contributed by atoms with Crippen LogP contribution in [0.25, 0.3) is 0 Å². The predicted octanol–water partition coefficient (Wildman–Crippen LogP) is 3.49. The summed E-state index contributed by atoms with van der Waals surface area (Å²) in [7, 11) is 0. The fraction of sp³-hybridized carbons (Fsp3) is 0.467. The lowest BCUT2D eigenvalue weighted by molar-refractivity contribution is 0.0946. The third-order valence-corrected chi connectivity index (χ3v) is 3.48. The maximum atomic E-state index is 12.0. The van der Waals surface area contributed by atoms with Gasteiger partial charge in [0.15, 0.2) is 0 Å². The Kier molecular flexibility index (Phi) is 7.20. The van der Waals surface area contributed by atoms with Crippen molar-refractivity contribution < 1.29 is 4.79 Å². The summed E-state index contributed by atoms with van der Waals surface area (Å²) in [5.74, 6) is 0.403. The highest BCUT2D eigenvalue weighted by Crippen LogP contribution is 2.12.